The van der Waals surface area contributed by atoms with E-state index < -0.39 is 20.8 Å². The summed E-state index contributed by atoms with van der Waals surface area (Å²) in [6, 6.07) is 58.6. The number of benzene rings is 6. The standard InChI is InChI=1S/2C21H23.C12H7Si.2ClH.Zr/c2*1-4-8-16-13-17-9-7-12-20(21(17)14-16)19-11-6-5-10-18(19)15(2)3;1-3-7-11-9(5-1)10-6-2-4-8-12(10)13-11;;;/h2*5-7,9-15H,4,8H2,1-3H3;1-7H;2*1H;/q3*-1;;;+2/p-2. The van der Waals surface area contributed by atoms with Crippen LogP contribution in [0.25, 0.3) is 54.9 Å². The van der Waals surface area contributed by atoms with Gasteiger partial charge in [0.15, 0.2) is 0 Å². The van der Waals surface area contributed by atoms with E-state index in [9.17, 15) is 0 Å². The molecular weight excluding hydrogens is 839 g/mol. The zero-order valence-electron chi connectivity index (χ0n) is 34.7. The molecule has 0 amide bonds. The summed E-state index contributed by atoms with van der Waals surface area (Å²) in [7, 11) is 10.7. The normalized spacial score (nSPS) is 11.3. The molecule has 58 heavy (non-hydrogen) atoms. The van der Waals surface area contributed by atoms with Gasteiger partial charge in [0.25, 0.3) is 0 Å². The molecule has 0 atom stereocenters. The average Bonchev–Trinajstić information content (AvgIpc) is 3.96. The molecule has 0 fully saturated rings. The number of hydrogen-bond acceptors (Lipinski definition) is 0. The maximum absolute atomic E-state index is 4.93. The third-order valence-electron chi connectivity index (χ3n) is 10.8. The van der Waals surface area contributed by atoms with Gasteiger partial charge in [0.2, 0.25) is 0 Å². The minimum absolute atomic E-state index is 0.543. The number of fused-ring (bicyclic) bond motifs is 5. The van der Waals surface area contributed by atoms with Gasteiger partial charge in [-0.3, -0.25) is 0 Å². The van der Waals surface area contributed by atoms with Crippen LogP contribution in [0.5, 0.6) is 0 Å². The van der Waals surface area contributed by atoms with Crippen molar-refractivity contribution in [1.82, 2.24) is 0 Å². The summed E-state index contributed by atoms with van der Waals surface area (Å²) in [5.74, 6) is 1.09. The summed E-state index contributed by atoms with van der Waals surface area (Å²) < 4.78 is 0. The molecule has 1 heterocycles. The molecule has 294 valence electrons. The van der Waals surface area contributed by atoms with Crippen LogP contribution in [0.2, 0.25) is 0 Å². The van der Waals surface area contributed by atoms with Crippen LogP contribution in [-0.4, -0.2) is 9.52 Å². The molecule has 2 radical (unpaired) electrons. The molecule has 1 aliphatic heterocycles. The molecule has 0 N–H and O–H groups in total. The molecular formula is C54H53Cl2SiZr-3. The summed E-state index contributed by atoms with van der Waals surface area (Å²) in [6.07, 6.45) is 4.74. The van der Waals surface area contributed by atoms with Crippen molar-refractivity contribution in [2.45, 2.75) is 79.1 Å². The first-order valence-electron chi connectivity index (χ1n) is 20.7. The van der Waals surface area contributed by atoms with E-state index >= 15 is 0 Å². The average molecular weight is 892 g/mol. The zero-order chi connectivity index (χ0) is 41.0. The van der Waals surface area contributed by atoms with Crippen LogP contribution in [0.4, 0.5) is 0 Å². The van der Waals surface area contributed by atoms with Crippen molar-refractivity contribution in [3.05, 3.63) is 180 Å². The Morgan fingerprint density at radius 3 is 1.45 bits per heavy atom. The van der Waals surface area contributed by atoms with Crippen molar-refractivity contribution in [3.8, 4) is 33.4 Å². The summed E-state index contributed by atoms with van der Waals surface area (Å²) in [6.45, 7) is 13.6. The van der Waals surface area contributed by atoms with Gasteiger partial charge < -0.3 is 0 Å². The van der Waals surface area contributed by atoms with E-state index in [0.29, 0.717) is 11.8 Å². The summed E-state index contributed by atoms with van der Waals surface area (Å²) in [4.78, 5) is 0. The SMILES string of the molecule is CCCc1cc2c(-c3ccccc3C(C)C)cccc2[cH-]1.CCCc1cc2c(-c3ccccc3C(C)C)cccc2[cH-]1.[Cl][Zr][Cl].[c-]1cccc2c1[Si]c1ccccc1-2. The monoisotopic (exact) mass is 889 g/mol. The van der Waals surface area contributed by atoms with Crippen LogP contribution in [0, 0.1) is 6.07 Å². The first kappa shape index (κ1) is 43.8. The van der Waals surface area contributed by atoms with Crippen molar-refractivity contribution in [1.29, 1.82) is 0 Å². The fraction of sp³-hybridized carbons (Fsp3) is 0.222. The van der Waals surface area contributed by atoms with Gasteiger partial charge in [-0.2, -0.15) is 41.6 Å². The van der Waals surface area contributed by atoms with E-state index in [0.717, 1.165) is 9.52 Å². The van der Waals surface area contributed by atoms with Gasteiger partial charge in [-0.25, -0.2) is 0 Å². The first-order valence-corrected chi connectivity index (χ1v) is 28.0. The Morgan fingerprint density at radius 2 is 0.966 bits per heavy atom. The molecule has 0 saturated heterocycles. The Hall–Kier alpha value is -3.78. The van der Waals surface area contributed by atoms with Gasteiger partial charge in [0.1, 0.15) is 0 Å². The molecule has 8 aromatic rings. The second-order valence-corrected chi connectivity index (χ2v) is 20.5. The van der Waals surface area contributed by atoms with Crippen molar-refractivity contribution in [2.24, 2.45) is 0 Å². The van der Waals surface area contributed by atoms with Gasteiger partial charge in [0.05, 0.1) is 9.52 Å². The molecule has 0 aliphatic carbocycles. The summed E-state index contributed by atoms with van der Waals surface area (Å²) in [5.41, 5.74) is 14.1. The number of rotatable bonds is 8. The molecule has 0 unspecified atom stereocenters. The summed E-state index contributed by atoms with van der Waals surface area (Å²) >= 11 is -0.826. The van der Waals surface area contributed by atoms with E-state index in [1.54, 1.807) is 0 Å². The molecule has 9 rings (SSSR count). The van der Waals surface area contributed by atoms with E-state index in [-0.39, 0.29) is 0 Å². The van der Waals surface area contributed by atoms with E-state index in [1.807, 2.05) is 6.07 Å². The van der Waals surface area contributed by atoms with E-state index in [4.69, 9.17) is 17.0 Å². The van der Waals surface area contributed by atoms with Gasteiger partial charge in [-0.15, -0.1) is 74.6 Å². The molecule has 8 aromatic carbocycles. The Bertz CT molecular complexity index is 2360. The van der Waals surface area contributed by atoms with Crippen molar-refractivity contribution in [3.63, 3.8) is 0 Å². The molecule has 1 aliphatic rings. The Balaban J connectivity index is 0.000000145. The maximum Gasteiger partial charge on any atom is 0.0920 e. The first-order chi connectivity index (χ1) is 28.3. The molecule has 0 bridgehead atoms. The Kier molecular flexibility index (Phi) is 16.2. The second kappa shape index (κ2) is 21.5. The molecule has 4 heteroatoms. The smallest absolute Gasteiger partial charge is 0.0920 e. The predicted octanol–water partition coefficient (Wildman–Crippen LogP) is 15.1. The van der Waals surface area contributed by atoms with Gasteiger partial charge in [0, 0.05) is 0 Å². The van der Waals surface area contributed by atoms with Crippen molar-refractivity contribution in [2.75, 3.05) is 0 Å². The second-order valence-electron chi connectivity index (χ2n) is 15.5. The quantitative estimate of drug-likeness (QED) is 0.105. The van der Waals surface area contributed by atoms with Crippen LogP contribution < -0.4 is 10.4 Å². The van der Waals surface area contributed by atoms with Crippen LogP contribution in [0.3, 0.4) is 0 Å². The van der Waals surface area contributed by atoms with Gasteiger partial charge in [-0.1, -0.05) is 161 Å². The Morgan fingerprint density at radius 1 is 0.534 bits per heavy atom. The third kappa shape index (κ3) is 10.5. The summed E-state index contributed by atoms with van der Waals surface area (Å²) in [5, 5.41) is 8.36. The number of hydrogen-bond donors (Lipinski definition) is 0. The zero-order valence-corrected chi connectivity index (χ0v) is 39.6. The fourth-order valence-corrected chi connectivity index (χ4v) is 9.46. The third-order valence-corrected chi connectivity index (χ3v) is 12.1. The fourth-order valence-electron chi connectivity index (χ4n) is 8.15. The minimum atomic E-state index is -0.826. The largest absolute Gasteiger partial charge is 0.184 e. The van der Waals surface area contributed by atoms with Crippen LogP contribution in [0.15, 0.2) is 152 Å². The van der Waals surface area contributed by atoms with E-state index in [2.05, 4.69) is 193 Å². The topological polar surface area (TPSA) is 0 Å². The molecule has 0 aromatic heterocycles. The van der Waals surface area contributed by atoms with Gasteiger partial charge in [-0.05, 0) is 46.9 Å². The molecule has 0 spiro atoms. The number of aryl methyl sites for hydroxylation is 2. The van der Waals surface area contributed by atoms with Crippen LogP contribution >= 0.6 is 17.0 Å². The van der Waals surface area contributed by atoms with E-state index in [1.165, 1.54) is 113 Å². The van der Waals surface area contributed by atoms with Crippen LogP contribution in [0.1, 0.15) is 88.5 Å². The molecule has 0 saturated carbocycles. The van der Waals surface area contributed by atoms with Crippen molar-refractivity contribution < 1.29 is 20.8 Å². The van der Waals surface area contributed by atoms with Gasteiger partial charge >= 0.3 is 37.9 Å². The predicted molar refractivity (Wildman–Crippen MR) is 254 cm³/mol. The Labute approximate surface area is 368 Å². The molecule has 0 nitrogen and oxygen atoms in total. The van der Waals surface area contributed by atoms with Crippen molar-refractivity contribution >= 4 is 58.5 Å². The minimum Gasteiger partial charge on any atom is -0.184 e. The van der Waals surface area contributed by atoms with Crippen LogP contribution in [-0.2, 0) is 33.7 Å². The number of halogens is 2. The maximum atomic E-state index is 4.93.